The van der Waals surface area contributed by atoms with Crippen molar-refractivity contribution in [2.45, 2.75) is 13.5 Å². The van der Waals surface area contributed by atoms with Crippen molar-refractivity contribution in [1.82, 2.24) is 29.7 Å². The SMILES string of the molecule is COc1ncnc2c1nc(N)n2Cc1nc(C)no1. The van der Waals surface area contributed by atoms with Gasteiger partial charge in [0.15, 0.2) is 17.0 Å². The third kappa shape index (κ3) is 1.84. The molecule has 2 N–H and O–H groups in total. The third-order valence-corrected chi connectivity index (χ3v) is 2.58. The molecule has 3 aromatic rings. The third-order valence-electron chi connectivity index (χ3n) is 2.58. The standard InChI is InChI=1S/C10H11N7O2/c1-5-14-6(19-16-5)3-17-8-7(15-10(17)11)9(18-2)13-4-12-8/h4H,3H2,1-2H3,(H2,11,15). The number of nitrogen functional groups attached to an aromatic ring is 1. The van der Waals surface area contributed by atoms with Crippen molar-refractivity contribution in [2.75, 3.05) is 12.8 Å². The van der Waals surface area contributed by atoms with Crippen LogP contribution in [0.1, 0.15) is 11.7 Å². The topological polar surface area (TPSA) is 118 Å². The monoisotopic (exact) mass is 261 g/mol. The molecule has 98 valence electrons. The Bertz CT molecular complexity index is 733. The number of nitrogens with zero attached hydrogens (tertiary/aromatic N) is 6. The summed E-state index contributed by atoms with van der Waals surface area (Å²) in [5.41, 5.74) is 6.92. The van der Waals surface area contributed by atoms with E-state index in [2.05, 4.69) is 25.1 Å². The van der Waals surface area contributed by atoms with Crippen molar-refractivity contribution in [1.29, 1.82) is 0 Å². The number of methoxy groups -OCH3 is 1. The van der Waals surface area contributed by atoms with Crippen molar-refractivity contribution in [3.8, 4) is 5.88 Å². The summed E-state index contributed by atoms with van der Waals surface area (Å²) in [5, 5.41) is 3.72. The minimum atomic E-state index is 0.282. The highest BCUT2D eigenvalue weighted by molar-refractivity contribution is 5.78. The number of nitrogens with two attached hydrogens (primary N) is 1. The molecule has 0 aromatic carbocycles. The minimum absolute atomic E-state index is 0.282. The molecule has 0 fully saturated rings. The van der Waals surface area contributed by atoms with Gasteiger partial charge in [-0.15, -0.1) is 0 Å². The summed E-state index contributed by atoms with van der Waals surface area (Å²) in [7, 11) is 1.51. The Morgan fingerprint density at radius 2 is 2.21 bits per heavy atom. The lowest BCUT2D eigenvalue weighted by Crippen LogP contribution is -2.05. The Morgan fingerprint density at radius 1 is 1.37 bits per heavy atom. The van der Waals surface area contributed by atoms with Crippen LogP contribution in [0.15, 0.2) is 10.9 Å². The first-order chi connectivity index (χ1) is 9.19. The van der Waals surface area contributed by atoms with Gasteiger partial charge < -0.3 is 15.0 Å². The van der Waals surface area contributed by atoms with Crippen LogP contribution in [0.2, 0.25) is 0 Å². The number of aromatic nitrogens is 6. The Labute approximate surface area is 107 Å². The molecule has 0 radical (unpaired) electrons. The van der Waals surface area contributed by atoms with Crippen LogP contribution in [0.25, 0.3) is 11.2 Å². The van der Waals surface area contributed by atoms with E-state index in [1.807, 2.05) is 0 Å². The zero-order chi connectivity index (χ0) is 13.4. The normalized spacial score (nSPS) is 11.1. The summed E-state index contributed by atoms with van der Waals surface area (Å²) in [4.78, 5) is 16.4. The van der Waals surface area contributed by atoms with Gasteiger partial charge in [0.05, 0.1) is 7.11 Å². The predicted octanol–water partition coefficient (Wildman–Crippen LogP) is 0.157. The van der Waals surface area contributed by atoms with E-state index >= 15 is 0 Å². The van der Waals surface area contributed by atoms with Gasteiger partial charge in [-0.05, 0) is 6.92 Å². The first-order valence-corrected chi connectivity index (χ1v) is 5.49. The zero-order valence-electron chi connectivity index (χ0n) is 10.4. The van der Waals surface area contributed by atoms with Gasteiger partial charge in [-0.2, -0.15) is 9.97 Å². The van der Waals surface area contributed by atoms with Crippen LogP contribution >= 0.6 is 0 Å². The van der Waals surface area contributed by atoms with Crippen molar-refractivity contribution < 1.29 is 9.26 Å². The quantitative estimate of drug-likeness (QED) is 0.708. The lowest BCUT2D eigenvalue weighted by atomic mass is 10.5. The number of fused-ring (bicyclic) bond motifs is 1. The minimum Gasteiger partial charge on any atom is -0.479 e. The molecule has 0 amide bonds. The molecular formula is C10H11N7O2. The smallest absolute Gasteiger partial charge is 0.246 e. The van der Waals surface area contributed by atoms with Crippen LogP contribution < -0.4 is 10.5 Å². The van der Waals surface area contributed by atoms with Gasteiger partial charge in [-0.1, -0.05) is 5.16 Å². The molecule has 0 aliphatic rings. The fraction of sp³-hybridized carbons (Fsp3) is 0.300. The summed E-state index contributed by atoms with van der Waals surface area (Å²) in [6.45, 7) is 2.04. The van der Waals surface area contributed by atoms with Crippen LogP contribution in [0.3, 0.4) is 0 Å². The largest absolute Gasteiger partial charge is 0.479 e. The fourth-order valence-electron chi connectivity index (χ4n) is 1.78. The first kappa shape index (κ1) is 11.4. The number of imidazole rings is 1. The zero-order valence-corrected chi connectivity index (χ0v) is 10.4. The summed E-state index contributed by atoms with van der Waals surface area (Å²) >= 11 is 0. The first-order valence-electron chi connectivity index (χ1n) is 5.49. The van der Waals surface area contributed by atoms with E-state index in [1.165, 1.54) is 13.4 Å². The van der Waals surface area contributed by atoms with Gasteiger partial charge in [-0.3, -0.25) is 4.57 Å². The molecule has 3 rings (SSSR count). The highest BCUT2D eigenvalue weighted by Gasteiger charge is 2.16. The number of hydrogen-bond acceptors (Lipinski definition) is 8. The van der Waals surface area contributed by atoms with Crippen LogP contribution in [-0.4, -0.2) is 36.8 Å². The molecule has 0 unspecified atom stereocenters. The average Bonchev–Trinajstić information content (AvgIpc) is 2.94. The van der Waals surface area contributed by atoms with Gasteiger partial charge in [-0.25, -0.2) is 9.97 Å². The lowest BCUT2D eigenvalue weighted by Gasteiger charge is -2.01. The van der Waals surface area contributed by atoms with Gasteiger partial charge in [0.25, 0.3) is 0 Å². The molecule has 0 aliphatic heterocycles. The number of aryl methyl sites for hydroxylation is 1. The molecule has 9 heteroatoms. The van der Waals surface area contributed by atoms with Crippen molar-refractivity contribution in [2.24, 2.45) is 0 Å². The van der Waals surface area contributed by atoms with Gasteiger partial charge in [0.2, 0.25) is 17.7 Å². The molecule has 3 aromatic heterocycles. The summed E-state index contributed by atoms with van der Waals surface area (Å²) in [6.07, 6.45) is 1.39. The summed E-state index contributed by atoms with van der Waals surface area (Å²) < 4.78 is 11.8. The van der Waals surface area contributed by atoms with Crippen LogP contribution in [0, 0.1) is 6.92 Å². The predicted molar refractivity (Wildman–Crippen MR) is 64.4 cm³/mol. The van der Waals surface area contributed by atoms with E-state index < -0.39 is 0 Å². The molecule has 9 nitrogen and oxygen atoms in total. The Balaban J connectivity index is 2.10. The van der Waals surface area contributed by atoms with Crippen molar-refractivity contribution >= 4 is 17.1 Å². The molecule has 3 heterocycles. The van der Waals surface area contributed by atoms with Gasteiger partial charge in [0.1, 0.15) is 12.9 Å². The van der Waals surface area contributed by atoms with Gasteiger partial charge >= 0.3 is 0 Å². The number of rotatable bonds is 3. The van der Waals surface area contributed by atoms with E-state index in [4.69, 9.17) is 15.0 Å². The maximum absolute atomic E-state index is 5.87. The second-order valence-electron chi connectivity index (χ2n) is 3.85. The van der Waals surface area contributed by atoms with Crippen molar-refractivity contribution in [3.05, 3.63) is 18.0 Å². The molecule has 0 saturated carbocycles. The Hall–Kier alpha value is -2.71. The number of ether oxygens (including phenoxy) is 1. The van der Waals surface area contributed by atoms with Crippen LogP contribution in [-0.2, 0) is 6.54 Å². The molecule has 0 bridgehead atoms. The Kier molecular flexibility index (Phi) is 2.51. The summed E-state index contributed by atoms with van der Waals surface area (Å²) in [5.74, 6) is 1.65. The highest BCUT2D eigenvalue weighted by atomic mass is 16.5. The van der Waals surface area contributed by atoms with Crippen LogP contribution in [0.5, 0.6) is 5.88 Å². The fourth-order valence-corrected chi connectivity index (χ4v) is 1.78. The van der Waals surface area contributed by atoms with E-state index in [0.717, 1.165) is 0 Å². The molecule has 0 aliphatic carbocycles. The van der Waals surface area contributed by atoms with E-state index in [1.54, 1.807) is 11.5 Å². The van der Waals surface area contributed by atoms with Crippen LogP contribution in [0.4, 0.5) is 5.95 Å². The van der Waals surface area contributed by atoms with Crippen molar-refractivity contribution in [3.63, 3.8) is 0 Å². The Morgan fingerprint density at radius 3 is 2.89 bits per heavy atom. The average molecular weight is 261 g/mol. The van der Waals surface area contributed by atoms with E-state index in [-0.39, 0.29) is 5.95 Å². The molecule has 0 spiro atoms. The van der Waals surface area contributed by atoms with E-state index in [0.29, 0.717) is 35.3 Å². The van der Waals surface area contributed by atoms with E-state index in [9.17, 15) is 0 Å². The second-order valence-corrected chi connectivity index (χ2v) is 3.85. The second kappa shape index (κ2) is 4.19. The molecule has 0 atom stereocenters. The maximum Gasteiger partial charge on any atom is 0.246 e. The maximum atomic E-state index is 5.87. The lowest BCUT2D eigenvalue weighted by molar-refractivity contribution is 0.369. The molecule has 0 saturated heterocycles. The molecule has 19 heavy (non-hydrogen) atoms. The number of hydrogen-bond donors (Lipinski definition) is 1. The van der Waals surface area contributed by atoms with Gasteiger partial charge in [0, 0.05) is 0 Å². The highest BCUT2D eigenvalue weighted by Crippen LogP contribution is 2.23. The molecular weight excluding hydrogens is 250 g/mol. The summed E-state index contributed by atoms with van der Waals surface area (Å²) in [6, 6.07) is 0. The number of anilines is 1.